The summed E-state index contributed by atoms with van der Waals surface area (Å²) in [5, 5.41) is 0. The number of rotatable bonds is 2. The maximum Gasteiger partial charge on any atom is 0.289 e. The van der Waals surface area contributed by atoms with Crippen LogP contribution in [-0.4, -0.2) is 53.5 Å². The molecule has 1 saturated carbocycles. The monoisotopic (exact) mass is 330 g/mol. The number of hydrogen-bond acceptors (Lipinski definition) is 5. The Labute approximate surface area is 141 Å². The third-order valence-electron chi connectivity index (χ3n) is 4.52. The van der Waals surface area contributed by atoms with Gasteiger partial charge in [-0.2, -0.15) is 0 Å². The Bertz CT molecular complexity index is 658. The van der Waals surface area contributed by atoms with Crippen LogP contribution in [0, 0.1) is 5.41 Å². The van der Waals surface area contributed by atoms with E-state index in [2.05, 4.69) is 0 Å². The summed E-state index contributed by atoms with van der Waals surface area (Å²) < 4.78 is 5.14. The van der Waals surface area contributed by atoms with E-state index in [4.69, 9.17) is 4.42 Å². The zero-order valence-corrected chi connectivity index (χ0v) is 14.1. The number of piperazine rings is 1. The molecule has 6 heteroatoms. The fraction of sp³-hybridized carbons (Fsp3) is 0.500. The predicted octanol–water partition coefficient (Wildman–Crippen LogP) is 1.88. The van der Waals surface area contributed by atoms with Gasteiger partial charge in [0.2, 0.25) is 0 Å². The summed E-state index contributed by atoms with van der Waals surface area (Å²) in [5.74, 6) is 0.0521. The van der Waals surface area contributed by atoms with Gasteiger partial charge in [0.05, 0.1) is 11.8 Å². The highest BCUT2D eigenvalue weighted by Gasteiger charge is 2.36. The van der Waals surface area contributed by atoms with Gasteiger partial charge in [-0.3, -0.25) is 14.4 Å². The summed E-state index contributed by atoms with van der Waals surface area (Å²) in [5.41, 5.74) is 0.0553. The van der Waals surface area contributed by atoms with E-state index in [0.29, 0.717) is 50.4 Å². The molecule has 0 atom stereocenters. The third kappa shape index (κ3) is 3.42. The maximum absolute atomic E-state index is 12.2. The number of allylic oxidation sites excluding steroid dienone is 1. The van der Waals surface area contributed by atoms with Crippen molar-refractivity contribution >= 4 is 17.5 Å². The molecule has 1 aromatic rings. The number of nitrogens with zero attached hydrogens (tertiary/aromatic N) is 2. The third-order valence-corrected chi connectivity index (χ3v) is 4.52. The first-order valence-electron chi connectivity index (χ1n) is 8.21. The van der Waals surface area contributed by atoms with Gasteiger partial charge in [-0.05, 0) is 17.5 Å². The molecule has 24 heavy (non-hydrogen) atoms. The number of carbonyl (C=O) groups is 3. The second-order valence-electron chi connectivity index (χ2n) is 7.21. The molecule has 128 valence electrons. The molecule has 1 aromatic heterocycles. The number of amides is 1. The van der Waals surface area contributed by atoms with Crippen LogP contribution in [-0.2, 0) is 9.59 Å². The molecule has 1 aliphatic heterocycles. The topological polar surface area (TPSA) is 70.8 Å². The van der Waals surface area contributed by atoms with Crippen LogP contribution in [0.25, 0.3) is 0 Å². The zero-order chi connectivity index (χ0) is 17.3. The van der Waals surface area contributed by atoms with Crippen LogP contribution in [0.4, 0.5) is 0 Å². The molecular weight excluding hydrogens is 308 g/mol. The zero-order valence-electron chi connectivity index (χ0n) is 14.1. The van der Waals surface area contributed by atoms with E-state index in [1.807, 2.05) is 18.7 Å². The van der Waals surface area contributed by atoms with Gasteiger partial charge in [0.1, 0.15) is 0 Å². The summed E-state index contributed by atoms with van der Waals surface area (Å²) in [6.07, 6.45) is 3.98. The molecule has 0 radical (unpaired) electrons. The summed E-state index contributed by atoms with van der Waals surface area (Å²) in [7, 11) is 0. The van der Waals surface area contributed by atoms with Gasteiger partial charge in [-0.15, -0.1) is 0 Å². The SMILES string of the molecule is CC1(C)CC(=O)C(=CN2CCN(C(=O)c3ccco3)CC2)C(=O)C1. The molecule has 1 saturated heterocycles. The van der Waals surface area contributed by atoms with Crippen molar-refractivity contribution in [1.29, 1.82) is 0 Å². The van der Waals surface area contributed by atoms with Crippen LogP contribution < -0.4 is 0 Å². The summed E-state index contributed by atoms with van der Waals surface area (Å²) in [6.45, 7) is 6.16. The average Bonchev–Trinajstić information content (AvgIpc) is 3.04. The molecule has 2 fully saturated rings. The van der Waals surface area contributed by atoms with Gasteiger partial charge < -0.3 is 14.2 Å². The largest absolute Gasteiger partial charge is 0.459 e. The number of furan rings is 1. The van der Waals surface area contributed by atoms with Crippen molar-refractivity contribution in [2.45, 2.75) is 26.7 Å². The van der Waals surface area contributed by atoms with Crippen LogP contribution in [0.1, 0.15) is 37.2 Å². The number of hydrogen-bond donors (Lipinski definition) is 0. The van der Waals surface area contributed by atoms with Crippen LogP contribution in [0.5, 0.6) is 0 Å². The molecule has 0 bridgehead atoms. The normalized spacial score (nSPS) is 21.2. The Balaban J connectivity index is 1.62. The Morgan fingerprint density at radius 2 is 1.75 bits per heavy atom. The highest BCUT2D eigenvalue weighted by atomic mass is 16.3. The lowest BCUT2D eigenvalue weighted by atomic mass is 9.74. The van der Waals surface area contributed by atoms with Gasteiger partial charge in [0, 0.05) is 45.2 Å². The van der Waals surface area contributed by atoms with Crippen LogP contribution in [0.15, 0.2) is 34.6 Å². The van der Waals surface area contributed by atoms with Crippen molar-refractivity contribution in [3.8, 4) is 0 Å². The lowest BCUT2D eigenvalue weighted by molar-refractivity contribution is -0.127. The number of Topliss-reactive ketones (excluding diaryl/α,β-unsaturated/α-hetero) is 2. The second-order valence-corrected chi connectivity index (χ2v) is 7.21. The van der Waals surface area contributed by atoms with Crippen molar-refractivity contribution in [2.24, 2.45) is 5.41 Å². The molecule has 1 amide bonds. The minimum absolute atomic E-state index is 0.0784. The molecule has 0 unspecified atom stereocenters. The minimum Gasteiger partial charge on any atom is -0.459 e. The minimum atomic E-state index is -0.250. The van der Waals surface area contributed by atoms with Crippen LogP contribution >= 0.6 is 0 Å². The van der Waals surface area contributed by atoms with Crippen molar-refractivity contribution in [3.63, 3.8) is 0 Å². The summed E-state index contributed by atoms with van der Waals surface area (Å²) in [4.78, 5) is 40.4. The molecule has 1 aliphatic carbocycles. The van der Waals surface area contributed by atoms with Gasteiger partial charge in [0.15, 0.2) is 17.3 Å². The molecule has 0 N–H and O–H groups in total. The first kappa shape index (κ1) is 16.5. The maximum atomic E-state index is 12.2. The van der Waals surface area contributed by atoms with E-state index in [1.165, 1.54) is 6.26 Å². The van der Waals surface area contributed by atoms with E-state index in [1.54, 1.807) is 23.2 Å². The van der Waals surface area contributed by atoms with E-state index >= 15 is 0 Å². The molecular formula is C18H22N2O4. The van der Waals surface area contributed by atoms with Crippen LogP contribution in [0.3, 0.4) is 0 Å². The van der Waals surface area contributed by atoms with Gasteiger partial charge in [0.25, 0.3) is 5.91 Å². The molecule has 2 heterocycles. The van der Waals surface area contributed by atoms with Crippen molar-refractivity contribution in [2.75, 3.05) is 26.2 Å². The predicted molar refractivity (Wildman–Crippen MR) is 87.3 cm³/mol. The van der Waals surface area contributed by atoms with Gasteiger partial charge in [-0.1, -0.05) is 13.8 Å². The highest BCUT2D eigenvalue weighted by Crippen LogP contribution is 2.33. The first-order chi connectivity index (χ1) is 11.4. The highest BCUT2D eigenvalue weighted by molar-refractivity contribution is 6.22. The molecule has 2 aliphatic rings. The fourth-order valence-corrected chi connectivity index (χ4v) is 3.21. The fourth-order valence-electron chi connectivity index (χ4n) is 3.21. The van der Waals surface area contributed by atoms with E-state index in [0.717, 1.165) is 0 Å². The van der Waals surface area contributed by atoms with Crippen molar-refractivity contribution in [3.05, 3.63) is 35.9 Å². The van der Waals surface area contributed by atoms with Crippen molar-refractivity contribution in [1.82, 2.24) is 9.80 Å². The Kier molecular flexibility index (Phi) is 4.30. The number of carbonyl (C=O) groups excluding carboxylic acids is 3. The lowest BCUT2D eigenvalue weighted by Gasteiger charge is -2.35. The average molecular weight is 330 g/mol. The molecule has 3 rings (SSSR count). The van der Waals surface area contributed by atoms with E-state index < -0.39 is 0 Å². The Morgan fingerprint density at radius 1 is 1.12 bits per heavy atom. The smallest absolute Gasteiger partial charge is 0.289 e. The second kappa shape index (κ2) is 6.26. The van der Waals surface area contributed by atoms with Crippen LogP contribution in [0.2, 0.25) is 0 Å². The Hall–Kier alpha value is -2.37. The Morgan fingerprint density at radius 3 is 2.29 bits per heavy atom. The van der Waals surface area contributed by atoms with Gasteiger partial charge in [-0.25, -0.2) is 0 Å². The quantitative estimate of drug-likeness (QED) is 0.612. The number of ketones is 2. The molecule has 6 nitrogen and oxygen atoms in total. The molecule has 0 spiro atoms. The first-order valence-corrected chi connectivity index (χ1v) is 8.21. The van der Waals surface area contributed by atoms with E-state index in [9.17, 15) is 14.4 Å². The lowest BCUT2D eigenvalue weighted by Crippen LogP contribution is -2.47. The molecule has 0 aromatic carbocycles. The summed E-state index contributed by atoms with van der Waals surface area (Å²) in [6, 6.07) is 3.34. The standard InChI is InChI=1S/C18H22N2O4/c1-18(2)10-14(21)13(15(22)11-18)12-19-5-7-20(8-6-19)17(23)16-4-3-9-24-16/h3-4,9,12H,5-8,10-11H2,1-2H3. The van der Waals surface area contributed by atoms with Crippen molar-refractivity contribution < 1.29 is 18.8 Å². The van der Waals surface area contributed by atoms with E-state index in [-0.39, 0.29) is 22.9 Å². The van der Waals surface area contributed by atoms with Gasteiger partial charge >= 0.3 is 0 Å². The summed E-state index contributed by atoms with van der Waals surface area (Å²) >= 11 is 0.